The molecule has 1 N–H and O–H groups in total. The minimum atomic E-state index is 0.365. The largest absolute Gasteiger partial charge is 0.307 e. The molecule has 2 heterocycles. The van der Waals surface area contributed by atoms with Crippen molar-refractivity contribution in [2.45, 2.75) is 43.6 Å². The molecule has 0 radical (unpaired) electrons. The lowest BCUT2D eigenvalue weighted by molar-refractivity contribution is 0.0699. The highest BCUT2D eigenvalue weighted by Gasteiger charge is 2.51. The van der Waals surface area contributed by atoms with Gasteiger partial charge in [-0.1, -0.05) is 37.1 Å². The van der Waals surface area contributed by atoms with E-state index in [1.165, 1.54) is 38.6 Å². The first kappa shape index (κ1) is 9.23. The molecule has 1 aromatic carbocycles. The lowest BCUT2D eigenvalue weighted by Crippen LogP contribution is -2.59. The summed E-state index contributed by atoms with van der Waals surface area (Å²) in [6.07, 6.45) is 7.09. The van der Waals surface area contributed by atoms with Crippen LogP contribution in [0.15, 0.2) is 24.3 Å². The number of piperidine rings is 1. The Morgan fingerprint density at radius 2 is 2.12 bits per heavy atom. The summed E-state index contributed by atoms with van der Waals surface area (Å²) in [5, 5.41) is 3.89. The highest BCUT2D eigenvalue weighted by atomic mass is 15.0. The molecule has 3 atom stereocenters. The average Bonchev–Trinajstić information content (AvgIpc) is 2.39. The topological polar surface area (TPSA) is 12.0 Å². The van der Waals surface area contributed by atoms with Crippen molar-refractivity contribution < 1.29 is 0 Å². The zero-order valence-corrected chi connectivity index (χ0v) is 9.71. The first-order valence-electron chi connectivity index (χ1n) is 6.74. The summed E-state index contributed by atoms with van der Waals surface area (Å²) in [4.78, 5) is 0. The van der Waals surface area contributed by atoms with Crippen LogP contribution in [0.4, 0.5) is 0 Å². The Bertz CT molecular complexity index is 425. The number of rotatable bonds is 0. The van der Waals surface area contributed by atoms with Crippen LogP contribution in [0.3, 0.4) is 0 Å². The number of fused-ring (bicyclic) bond motifs is 1. The quantitative estimate of drug-likeness (QED) is 0.698. The third kappa shape index (κ3) is 1.00. The molecule has 2 bridgehead atoms. The maximum atomic E-state index is 3.89. The van der Waals surface area contributed by atoms with Crippen LogP contribution >= 0.6 is 0 Å². The Kier molecular flexibility index (Phi) is 1.79. The Morgan fingerprint density at radius 1 is 1.19 bits per heavy atom. The van der Waals surface area contributed by atoms with Gasteiger partial charge >= 0.3 is 0 Å². The molecule has 0 amide bonds. The summed E-state index contributed by atoms with van der Waals surface area (Å²) >= 11 is 0. The minimum absolute atomic E-state index is 0.365. The van der Waals surface area contributed by atoms with Crippen molar-refractivity contribution in [3.8, 4) is 0 Å². The Hall–Kier alpha value is -0.820. The van der Waals surface area contributed by atoms with Crippen molar-refractivity contribution in [1.29, 1.82) is 0 Å². The fraction of sp³-hybridized carbons (Fsp3) is 0.600. The average molecular weight is 213 g/mol. The van der Waals surface area contributed by atoms with Gasteiger partial charge in [-0.2, -0.15) is 0 Å². The van der Waals surface area contributed by atoms with E-state index in [1.807, 2.05) is 0 Å². The molecule has 1 heteroatoms. The van der Waals surface area contributed by atoms with Gasteiger partial charge in [-0.25, -0.2) is 0 Å². The molecule has 5 rings (SSSR count). The van der Waals surface area contributed by atoms with E-state index >= 15 is 0 Å². The second-order valence-corrected chi connectivity index (χ2v) is 5.81. The molecule has 4 aliphatic rings. The van der Waals surface area contributed by atoms with Crippen LogP contribution in [0, 0.1) is 5.92 Å². The van der Waals surface area contributed by atoms with E-state index in [1.54, 1.807) is 11.1 Å². The highest BCUT2D eigenvalue weighted by Crippen LogP contribution is 2.54. The van der Waals surface area contributed by atoms with Crippen LogP contribution in [0.5, 0.6) is 0 Å². The Morgan fingerprint density at radius 3 is 3.12 bits per heavy atom. The number of nitrogens with one attached hydrogen (secondary N) is 1. The first-order chi connectivity index (χ1) is 7.90. The monoisotopic (exact) mass is 213 g/mol. The minimum Gasteiger partial charge on any atom is -0.307 e. The fourth-order valence-electron chi connectivity index (χ4n) is 4.47. The van der Waals surface area contributed by atoms with Gasteiger partial charge in [0, 0.05) is 12.1 Å². The SMILES string of the molecule is c1ccc2c(c1)C1CNC23CCCCC3C1. The predicted octanol–water partition coefficient (Wildman–Crippen LogP) is 3.16. The number of hydrogen-bond acceptors (Lipinski definition) is 1. The van der Waals surface area contributed by atoms with Gasteiger partial charge in [0.2, 0.25) is 0 Å². The van der Waals surface area contributed by atoms with Gasteiger partial charge in [0.25, 0.3) is 0 Å². The van der Waals surface area contributed by atoms with E-state index in [0.717, 1.165) is 11.8 Å². The van der Waals surface area contributed by atoms with Crippen molar-refractivity contribution in [3.63, 3.8) is 0 Å². The van der Waals surface area contributed by atoms with E-state index in [2.05, 4.69) is 29.6 Å². The van der Waals surface area contributed by atoms with Gasteiger partial charge in [0.15, 0.2) is 0 Å². The molecule has 1 nitrogen and oxygen atoms in total. The lowest BCUT2D eigenvalue weighted by atomic mass is 9.57. The zero-order chi connectivity index (χ0) is 10.6. The molecule has 1 spiro atoms. The van der Waals surface area contributed by atoms with E-state index < -0.39 is 0 Å². The van der Waals surface area contributed by atoms with Crippen LogP contribution in [0.2, 0.25) is 0 Å². The normalized spacial score (nSPS) is 40.2. The van der Waals surface area contributed by atoms with Crippen molar-refractivity contribution in [2.24, 2.45) is 5.92 Å². The first-order valence-corrected chi connectivity index (χ1v) is 6.74. The molecule has 2 fully saturated rings. The van der Waals surface area contributed by atoms with Crippen molar-refractivity contribution in [3.05, 3.63) is 35.4 Å². The highest BCUT2D eigenvalue weighted by molar-refractivity contribution is 5.43. The zero-order valence-electron chi connectivity index (χ0n) is 9.71. The van der Waals surface area contributed by atoms with Crippen LogP contribution in [0.1, 0.15) is 49.1 Å². The molecule has 2 aliphatic heterocycles. The van der Waals surface area contributed by atoms with E-state index in [4.69, 9.17) is 0 Å². The van der Waals surface area contributed by atoms with Gasteiger partial charge in [0.1, 0.15) is 0 Å². The molecule has 3 unspecified atom stereocenters. The van der Waals surface area contributed by atoms with Gasteiger partial charge in [-0.05, 0) is 42.2 Å². The Balaban J connectivity index is 1.93. The van der Waals surface area contributed by atoms with Gasteiger partial charge in [-0.15, -0.1) is 0 Å². The van der Waals surface area contributed by atoms with Crippen molar-refractivity contribution >= 4 is 0 Å². The summed E-state index contributed by atoms with van der Waals surface area (Å²) in [5.74, 6) is 1.70. The van der Waals surface area contributed by atoms with E-state index in [9.17, 15) is 0 Å². The van der Waals surface area contributed by atoms with Crippen molar-refractivity contribution in [2.75, 3.05) is 6.54 Å². The molecule has 1 aromatic rings. The third-order valence-corrected chi connectivity index (χ3v) is 5.18. The molecule has 84 valence electrons. The molecular weight excluding hydrogens is 194 g/mol. The summed E-state index contributed by atoms with van der Waals surface area (Å²) in [6.45, 7) is 1.22. The van der Waals surface area contributed by atoms with Gasteiger partial charge in [-0.3, -0.25) is 0 Å². The fourth-order valence-corrected chi connectivity index (χ4v) is 4.47. The molecule has 2 aliphatic carbocycles. The smallest absolute Gasteiger partial charge is 0.0466 e. The molecule has 0 aromatic heterocycles. The summed E-state index contributed by atoms with van der Waals surface area (Å²) in [6, 6.07) is 9.19. The second kappa shape index (κ2) is 3.10. The van der Waals surface area contributed by atoms with Crippen LogP contribution in [0.25, 0.3) is 0 Å². The van der Waals surface area contributed by atoms with Crippen LogP contribution in [-0.4, -0.2) is 6.54 Å². The predicted molar refractivity (Wildman–Crippen MR) is 65.4 cm³/mol. The standard InChI is InChI=1S/C15H19N/c1-2-7-14-13(6-1)11-9-12-5-3-4-8-15(12,14)16-10-11/h1-2,6-7,11-12,16H,3-5,8-10H2. The van der Waals surface area contributed by atoms with Crippen LogP contribution < -0.4 is 5.32 Å². The van der Waals surface area contributed by atoms with Crippen LogP contribution in [-0.2, 0) is 5.54 Å². The summed E-state index contributed by atoms with van der Waals surface area (Å²) in [5.41, 5.74) is 3.66. The number of hydrogen-bond donors (Lipinski definition) is 1. The lowest BCUT2D eigenvalue weighted by Gasteiger charge is -2.56. The van der Waals surface area contributed by atoms with Gasteiger partial charge in [0.05, 0.1) is 0 Å². The number of benzene rings is 1. The Labute approximate surface area is 97.2 Å². The van der Waals surface area contributed by atoms with Crippen molar-refractivity contribution in [1.82, 2.24) is 5.32 Å². The molecule has 1 saturated carbocycles. The van der Waals surface area contributed by atoms with Gasteiger partial charge < -0.3 is 5.32 Å². The maximum absolute atomic E-state index is 3.89. The molecular formula is C15H19N. The maximum Gasteiger partial charge on any atom is 0.0466 e. The second-order valence-electron chi connectivity index (χ2n) is 5.81. The summed E-state index contributed by atoms with van der Waals surface area (Å²) < 4.78 is 0. The third-order valence-electron chi connectivity index (χ3n) is 5.18. The molecule has 1 saturated heterocycles. The van der Waals surface area contributed by atoms with E-state index in [0.29, 0.717) is 5.54 Å². The summed E-state index contributed by atoms with van der Waals surface area (Å²) in [7, 11) is 0. The molecule has 16 heavy (non-hydrogen) atoms. The van der Waals surface area contributed by atoms with E-state index in [-0.39, 0.29) is 0 Å².